The maximum atomic E-state index is 12.8. The van der Waals surface area contributed by atoms with Gasteiger partial charge in [0.1, 0.15) is 0 Å². The molecule has 2 aromatic carbocycles. The number of aryl methyl sites for hydroxylation is 1. The smallest absolute Gasteiger partial charge is 0.226 e. The Hall–Kier alpha value is -2.38. The van der Waals surface area contributed by atoms with Crippen molar-refractivity contribution in [2.45, 2.75) is 51.0 Å². The van der Waals surface area contributed by atoms with Crippen LogP contribution >= 0.6 is 11.6 Å². The summed E-state index contributed by atoms with van der Waals surface area (Å²) in [6.07, 6.45) is 0.852. The first-order valence-electron chi connectivity index (χ1n) is 9.86. The molecule has 6 nitrogen and oxygen atoms in total. The number of sulfone groups is 1. The molecule has 1 heterocycles. The number of hydrogen-bond donors (Lipinski definition) is 1. The second-order valence-electron chi connectivity index (χ2n) is 7.54. The van der Waals surface area contributed by atoms with E-state index in [1.807, 2.05) is 20.8 Å². The minimum Gasteiger partial charge on any atom is -0.326 e. The van der Waals surface area contributed by atoms with Crippen molar-refractivity contribution in [2.75, 3.05) is 16.0 Å². The zero-order chi connectivity index (χ0) is 22.1. The van der Waals surface area contributed by atoms with Crippen LogP contribution in [0, 0.1) is 6.92 Å². The summed E-state index contributed by atoms with van der Waals surface area (Å²) in [6, 6.07) is 9.92. The molecule has 2 amide bonds. The molecule has 8 heteroatoms. The number of nitrogens with zero attached hydrogens (tertiary/aromatic N) is 1. The number of anilines is 2. The first-order chi connectivity index (χ1) is 14.1. The van der Waals surface area contributed by atoms with Gasteiger partial charge in [-0.25, -0.2) is 8.42 Å². The van der Waals surface area contributed by atoms with Crippen molar-refractivity contribution >= 4 is 44.6 Å². The Labute approximate surface area is 182 Å². The van der Waals surface area contributed by atoms with Crippen molar-refractivity contribution < 1.29 is 18.0 Å². The highest BCUT2D eigenvalue weighted by molar-refractivity contribution is 7.91. The van der Waals surface area contributed by atoms with Gasteiger partial charge in [-0.2, -0.15) is 0 Å². The summed E-state index contributed by atoms with van der Waals surface area (Å²) in [5.74, 6) is -0.651. The molecule has 1 N–H and O–H groups in total. The molecular weight excluding hydrogens is 424 g/mol. The number of carbonyl (C=O) groups excluding carboxylic acids is 2. The number of nitrogens with one attached hydrogen (secondary N) is 1. The van der Waals surface area contributed by atoms with Gasteiger partial charge in [-0.05, 0) is 67.8 Å². The maximum Gasteiger partial charge on any atom is 0.226 e. The fourth-order valence-corrected chi connectivity index (χ4v) is 5.19. The molecular formula is C22H25ClN2O4S. The van der Waals surface area contributed by atoms with Crippen LogP contribution in [0.25, 0.3) is 0 Å². The number of hydrogen-bond acceptors (Lipinski definition) is 4. The van der Waals surface area contributed by atoms with Crippen LogP contribution < -0.4 is 10.2 Å². The maximum absolute atomic E-state index is 12.8. The Balaban J connectivity index is 1.70. The predicted octanol–water partition coefficient (Wildman–Crippen LogP) is 4.14. The van der Waals surface area contributed by atoms with E-state index in [2.05, 4.69) is 5.32 Å². The molecule has 0 aliphatic carbocycles. The summed E-state index contributed by atoms with van der Waals surface area (Å²) in [4.78, 5) is 26.4. The van der Waals surface area contributed by atoms with E-state index < -0.39 is 9.84 Å². The minimum atomic E-state index is -3.63. The van der Waals surface area contributed by atoms with E-state index in [0.717, 1.165) is 16.8 Å². The first-order valence-corrected chi connectivity index (χ1v) is 11.9. The minimum absolute atomic E-state index is 0.00111. The van der Waals surface area contributed by atoms with Gasteiger partial charge in [-0.15, -0.1) is 0 Å². The third-order valence-corrected chi connectivity index (χ3v) is 7.21. The summed E-state index contributed by atoms with van der Waals surface area (Å²) < 4.78 is 25.6. The van der Waals surface area contributed by atoms with E-state index in [1.165, 1.54) is 6.07 Å². The fraction of sp³-hybridized carbons (Fsp3) is 0.364. The molecule has 1 unspecified atom stereocenters. The lowest BCUT2D eigenvalue weighted by Crippen LogP contribution is -2.35. The standard InChI is InChI=1S/C22H25ClN2O4S/c1-4-22(27)25-15(3)12-16-13-18(6-8-20(16)25)30(28,29)10-9-21(26)24-19-7-5-17(23)11-14(19)2/h5-8,11,13,15H,4,9-10,12H2,1-3H3,(H,24,26). The average molecular weight is 449 g/mol. The zero-order valence-corrected chi connectivity index (χ0v) is 18.8. The second-order valence-corrected chi connectivity index (χ2v) is 10.1. The molecule has 3 rings (SSSR count). The number of rotatable bonds is 6. The third kappa shape index (κ3) is 4.68. The second kappa shape index (κ2) is 8.78. The van der Waals surface area contributed by atoms with Crippen LogP contribution in [-0.4, -0.2) is 32.0 Å². The lowest BCUT2D eigenvalue weighted by Gasteiger charge is -2.22. The Morgan fingerprint density at radius 1 is 1.20 bits per heavy atom. The van der Waals surface area contributed by atoms with Gasteiger partial charge in [-0.3, -0.25) is 9.59 Å². The van der Waals surface area contributed by atoms with Crippen LogP contribution in [0.4, 0.5) is 11.4 Å². The SMILES string of the molecule is CCC(=O)N1c2ccc(S(=O)(=O)CCC(=O)Nc3ccc(Cl)cc3C)cc2CC1C. The molecule has 1 atom stereocenters. The van der Waals surface area contributed by atoms with Crippen molar-refractivity contribution in [1.29, 1.82) is 0 Å². The highest BCUT2D eigenvalue weighted by Gasteiger charge is 2.31. The van der Waals surface area contributed by atoms with Crippen LogP contribution in [0.1, 0.15) is 37.8 Å². The number of halogens is 1. The van der Waals surface area contributed by atoms with Crippen LogP contribution in [-0.2, 0) is 25.8 Å². The molecule has 1 aliphatic rings. The van der Waals surface area contributed by atoms with E-state index in [1.54, 1.807) is 35.2 Å². The lowest BCUT2D eigenvalue weighted by molar-refractivity contribution is -0.118. The van der Waals surface area contributed by atoms with Crippen molar-refractivity contribution in [1.82, 2.24) is 0 Å². The summed E-state index contributed by atoms with van der Waals surface area (Å²) in [7, 11) is -3.63. The average Bonchev–Trinajstić information content (AvgIpc) is 3.03. The van der Waals surface area contributed by atoms with Gasteiger partial charge in [-0.1, -0.05) is 18.5 Å². The van der Waals surface area contributed by atoms with E-state index in [-0.39, 0.29) is 34.9 Å². The third-order valence-electron chi connectivity index (χ3n) is 5.26. The number of carbonyl (C=O) groups is 2. The van der Waals surface area contributed by atoms with E-state index in [0.29, 0.717) is 23.6 Å². The van der Waals surface area contributed by atoms with Gasteiger partial charge in [0.2, 0.25) is 11.8 Å². The van der Waals surface area contributed by atoms with Crippen molar-refractivity contribution in [3.63, 3.8) is 0 Å². The number of benzene rings is 2. The van der Waals surface area contributed by atoms with E-state index >= 15 is 0 Å². The molecule has 0 saturated heterocycles. The quantitative estimate of drug-likeness (QED) is 0.719. The van der Waals surface area contributed by atoms with Gasteiger partial charge in [0.15, 0.2) is 9.84 Å². The molecule has 160 valence electrons. The first kappa shape index (κ1) is 22.3. The number of fused-ring (bicyclic) bond motifs is 1. The zero-order valence-electron chi connectivity index (χ0n) is 17.2. The Morgan fingerprint density at radius 3 is 2.60 bits per heavy atom. The number of amides is 2. The molecule has 30 heavy (non-hydrogen) atoms. The summed E-state index contributed by atoms with van der Waals surface area (Å²) in [5, 5.41) is 3.30. The highest BCUT2D eigenvalue weighted by Crippen LogP contribution is 2.34. The Kier molecular flexibility index (Phi) is 6.53. The van der Waals surface area contributed by atoms with Crippen molar-refractivity contribution in [3.05, 3.63) is 52.5 Å². The van der Waals surface area contributed by atoms with Crippen LogP contribution in [0.15, 0.2) is 41.3 Å². The summed E-state index contributed by atoms with van der Waals surface area (Å²) in [5.41, 5.74) is 3.02. The summed E-state index contributed by atoms with van der Waals surface area (Å²) in [6.45, 7) is 5.57. The molecule has 0 bridgehead atoms. The molecule has 0 radical (unpaired) electrons. The van der Waals surface area contributed by atoms with Crippen LogP contribution in [0.3, 0.4) is 0 Å². The van der Waals surface area contributed by atoms with Crippen LogP contribution in [0.2, 0.25) is 5.02 Å². The summed E-state index contributed by atoms with van der Waals surface area (Å²) >= 11 is 5.91. The van der Waals surface area contributed by atoms with Crippen LogP contribution in [0.5, 0.6) is 0 Å². The molecule has 0 aromatic heterocycles. The van der Waals surface area contributed by atoms with Gasteiger partial charge < -0.3 is 10.2 Å². The topological polar surface area (TPSA) is 83.6 Å². The van der Waals surface area contributed by atoms with Crippen molar-refractivity contribution in [2.24, 2.45) is 0 Å². The molecule has 2 aromatic rings. The van der Waals surface area contributed by atoms with Gasteiger partial charge in [0.25, 0.3) is 0 Å². The Bertz CT molecular complexity index is 1100. The van der Waals surface area contributed by atoms with Gasteiger partial charge >= 0.3 is 0 Å². The van der Waals surface area contributed by atoms with E-state index in [4.69, 9.17) is 11.6 Å². The molecule has 0 saturated carbocycles. The Morgan fingerprint density at radius 2 is 1.93 bits per heavy atom. The van der Waals surface area contributed by atoms with Gasteiger partial charge in [0, 0.05) is 35.3 Å². The molecule has 1 aliphatic heterocycles. The van der Waals surface area contributed by atoms with E-state index in [9.17, 15) is 18.0 Å². The molecule has 0 fully saturated rings. The lowest BCUT2D eigenvalue weighted by atomic mass is 10.1. The van der Waals surface area contributed by atoms with Gasteiger partial charge in [0.05, 0.1) is 10.6 Å². The largest absolute Gasteiger partial charge is 0.326 e. The highest BCUT2D eigenvalue weighted by atomic mass is 35.5. The molecule has 0 spiro atoms. The monoisotopic (exact) mass is 448 g/mol. The fourth-order valence-electron chi connectivity index (χ4n) is 3.68. The normalized spacial score (nSPS) is 15.7. The van der Waals surface area contributed by atoms with Crippen molar-refractivity contribution in [3.8, 4) is 0 Å². The predicted molar refractivity (Wildman–Crippen MR) is 119 cm³/mol.